The zero-order valence-electron chi connectivity index (χ0n) is 16.5. The van der Waals surface area contributed by atoms with Gasteiger partial charge in [-0.1, -0.05) is 40.2 Å². The summed E-state index contributed by atoms with van der Waals surface area (Å²) in [6, 6.07) is 20.2. The summed E-state index contributed by atoms with van der Waals surface area (Å²) in [7, 11) is -2.08. The minimum atomic E-state index is -3.73. The maximum Gasteiger partial charge on any atom is 0.263 e. The van der Waals surface area contributed by atoms with E-state index in [1.807, 2.05) is 36.4 Å². The molecule has 31 heavy (non-hydrogen) atoms. The molecule has 0 aromatic heterocycles. The zero-order valence-corrected chi connectivity index (χ0v) is 20.5. The molecular weight excluding hydrogens is 546 g/mol. The predicted molar refractivity (Wildman–Crippen MR) is 129 cm³/mol. The molecule has 0 radical (unpaired) electrons. The summed E-state index contributed by atoms with van der Waals surface area (Å²) >= 11 is 6.61. The highest BCUT2D eigenvalue weighted by molar-refractivity contribution is 9.11. The second-order valence-electron chi connectivity index (χ2n) is 6.98. The Kier molecular flexibility index (Phi) is 6.36. The Morgan fingerprint density at radius 3 is 2.42 bits per heavy atom. The van der Waals surface area contributed by atoms with E-state index >= 15 is 0 Å². The van der Waals surface area contributed by atoms with Crippen LogP contribution in [0, 0.1) is 0 Å². The highest BCUT2D eigenvalue weighted by atomic mass is 79.9. The Morgan fingerprint density at radius 2 is 1.74 bits per heavy atom. The van der Waals surface area contributed by atoms with Crippen LogP contribution in [0.5, 0.6) is 5.75 Å². The van der Waals surface area contributed by atoms with E-state index in [4.69, 9.17) is 4.74 Å². The molecule has 4 rings (SSSR count). The molecule has 3 aromatic carbocycles. The van der Waals surface area contributed by atoms with Gasteiger partial charge in [-0.15, -0.1) is 0 Å². The molecule has 1 aliphatic rings. The molecule has 1 aliphatic heterocycles. The third-order valence-electron chi connectivity index (χ3n) is 4.92. The summed E-state index contributed by atoms with van der Waals surface area (Å²) < 4.78 is 34.5. The van der Waals surface area contributed by atoms with Gasteiger partial charge in [0.05, 0.1) is 18.9 Å². The molecule has 0 aliphatic carbocycles. The van der Waals surface area contributed by atoms with Gasteiger partial charge < -0.3 is 10.2 Å². The van der Waals surface area contributed by atoms with Crippen LogP contribution in [-0.4, -0.2) is 21.2 Å². The van der Waals surface area contributed by atoms with Crippen molar-refractivity contribution in [2.75, 3.05) is 11.8 Å². The van der Waals surface area contributed by atoms with Crippen molar-refractivity contribution < 1.29 is 13.2 Å². The largest absolute Gasteiger partial charge is 0.497 e. The number of benzene rings is 3. The number of sulfonamides is 1. The fourth-order valence-electron chi connectivity index (χ4n) is 3.28. The van der Waals surface area contributed by atoms with Crippen molar-refractivity contribution in [2.24, 2.45) is 5.10 Å². The van der Waals surface area contributed by atoms with Crippen molar-refractivity contribution in [1.29, 1.82) is 0 Å². The second kappa shape index (κ2) is 9.02. The highest BCUT2D eigenvalue weighted by Crippen LogP contribution is 2.29. The van der Waals surface area contributed by atoms with Gasteiger partial charge in [-0.3, -0.25) is 4.72 Å². The molecular formula is C22H19Br2N3O3S. The van der Waals surface area contributed by atoms with Crippen LogP contribution in [0.25, 0.3) is 0 Å². The van der Waals surface area contributed by atoms with Crippen LogP contribution in [0.1, 0.15) is 23.6 Å². The number of hydrazone groups is 1. The molecule has 0 fully saturated rings. The molecule has 1 heterocycles. The highest BCUT2D eigenvalue weighted by Gasteiger charge is 2.22. The van der Waals surface area contributed by atoms with Gasteiger partial charge in [0.2, 0.25) is 0 Å². The van der Waals surface area contributed by atoms with E-state index in [-0.39, 0.29) is 10.9 Å². The topological polar surface area (TPSA) is 79.8 Å². The first-order valence-electron chi connectivity index (χ1n) is 9.40. The van der Waals surface area contributed by atoms with Crippen molar-refractivity contribution in [3.63, 3.8) is 0 Å². The van der Waals surface area contributed by atoms with Crippen LogP contribution in [0.15, 0.2) is 85.7 Å². The van der Waals surface area contributed by atoms with Gasteiger partial charge >= 0.3 is 0 Å². The van der Waals surface area contributed by atoms with Crippen LogP contribution < -0.4 is 14.9 Å². The van der Waals surface area contributed by atoms with E-state index in [1.54, 1.807) is 37.4 Å². The van der Waals surface area contributed by atoms with Crippen LogP contribution >= 0.6 is 31.9 Å². The molecule has 9 heteroatoms. The minimum Gasteiger partial charge on any atom is -0.497 e. The van der Waals surface area contributed by atoms with Crippen LogP contribution in [0.3, 0.4) is 0 Å². The first-order valence-corrected chi connectivity index (χ1v) is 12.5. The van der Waals surface area contributed by atoms with Crippen molar-refractivity contribution in [1.82, 2.24) is 5.43 Å². The van der Waals surface area contributed by atoms with Crippen molar-refractivity contribution in [3.8, 4) is 5.75 Å². The Balaban J connectivity index is 1.45. The van der Waals surface area contributed by atoms with Gasteiger partial charge in [0.15, 0.2) is 0 Å². The number of rotatable bonds is 6. The first-order chi connectivity index (χ1) is 14.9. The number of methoxy groups -OCH3 is 1. The zero-order chi connectivity index (χ0) is 22.0. The van der Waals surface area contributed by atoms with E-state index < -0.39 is 10.0 Å². The monoisotopic (exact) mass is 563 g/mol. The van der Waals surface area contributed by atoms with Gasteiger partial charge in [0, 0.05) is 21.1 Å². The number of ether oxygens (including phenoxy) is 1. The summed E-state index contributed by atoms with van der Waals surface area (Å²) in [6.45, 7) is 0. The van der Waals surface area contributed by atoms with E-state index in [0.717, 1.165) is 29.0 Å². The van der Waals surface area contributed by atoms with Crippen molar-refractivity contribution in [3.05, 3.63) is 86.8 Å². The fraction of sp³-hybridized carbons (Fsp3) is 0.136. The summed E-state index contributed by atoms with van der Waals surface area (Å²) in [4.78, 5) is 0.164. The third-order valence-corrected chi connectivity index (χ3v) is 7.79. The van der Waals surface area contributed by atoms with Gasteiger partial charge in [0.25, 0.3) is 10.0 Å². The van der Waals surface area contributed by atoms with E-state index in [9.17, 15) is 8.42 Å². The summed E-state index contributed by atoms with van der Waals surface area (Å²) in [5.41, 5.74) is 6.64. The number of hydrogen-bond donors (Lipinski definition) is 2. The van der Waals surface area contributed by atoms with Gasteiger partial charge in [-0.2, -0.15) is 5.10 Å². The number of nitrogens with zero attached hydrogens (tertiary/aromatic N) is 1. The summed E-state index contributed by atoms with van der Waals surface area (Å²) in [5.74, 6) is 0.816. The minimum absolute atomic E-state index is 0.0907. The van der Waals surface area contributed by atoms with Crippen molar-refractivity contribution >= 4 is 53.3 Å². The lowest BCUT2D eigenvalue weighted by Crippen LogP contribution is -2.13. The van der Waals surface area contributed by atoms with E-state index in [1.165, 1.54) is 0 Å². The number of halogens is 2. The Hall–Kier alpha value is -2.36. The lowest BCUT2D eigenvalue weighted by Gasteiger charge is -2.11. The maximum absolute atomic E-state index is 12.8. The standard InChI is InChI=1S/C22H19Br2N3O3S/c1-30-18-9-4-15(5-10-18)21-13-20(25-26-21)14-2-7-17(8-3-14)27-31(28,29)22-12-16(23)6-11-19(22)24/h2-12,21,26-27H,13H2,1H3. The average Bonchev–Trinajstić information content (AvgIpc) is 3.26. The van der Waals surface area contributed by atoms with Crippen LogP contribution in [0.4, 0.5) is 5.69 Å². The Morgan fingerprint density at radius 1 is 1.03 bits per heavy atom. The number of nitrogens with one attached hydrogen (secondary N) is 2. The molecule has 0 amide bonds. The molecule has 0 saturated carbocycles. The summed E-state index contributed by atoms with van der Waals surface area (Å²) in [5, 5.41) is 4.46. The average molecular weight is 565 g/mol. The second-order valence-corrected chi connectivity index (χ2v) is 10.4. The molecule has 160 valence electrons. The lowest BCUT2D eigenvalue weighted by atomic mass is 9.99. The quantitative estimate of drug-likeness (QED) is 0.416. The van der Waals surface area contributed by atoms with Gasteiger partial charge in [-0.05, 0) is 69.5 Å². The predicted octanol–water partition coefficient (Wildman–Crippen LogP) is 5.46. The molecule has 1 atom stereocenters. The van der Waals surface area contributed by atoms with Crippen LogP contribution in [0.2, 0.25) is 0 Å². The smallest absolute Gasteiger partial charge is 0.263 e. The van der Waals surface area contributed by atoms with E-state index in [0.29, 0.717) is 14.6 Å². The van der Waals surface area contributed by atoms with Gasteiger partial charge in [0.1, 0.15) is 10.6 Å². The number of anilines is 1. The molecule has 0 bridgehead atoms. The first kappa shape index (κ1) is 21.9. The molecule has 0 saturated heterocycles. The van der Waals surface area contributed by atoms with Crippen molar-refractivity contribution in [2.45, 2.75) is 17.4 Å². The van der Waals surface area contributed by atoms with Gasteiger partial charge in [-0.25, -0.2) is 8.42 Å². The number of hydrogen-bond acceptors (Lipinski definition) is 5. The van der Waals surface area contributed by atoms with E-state index in [2.05, 4.69) is 47.1 Å². The van der Waals surface area contributed by atoms with Crippen LogP contribution in [-0.2, 0) is 10.0 Å². The Labute approximate surface area is 198 Å². The Bertz CT molecular complexity index is 1230. The lowest BCUT2D eigenvalue weighted by molar-refractivity contribution is 0.414. The molecule has 1 unspecified atom stereocenters. The third kappa shape index (κ3) is 4.94. The molecule has 0 spiro atoms. The molecule has 6 nitrogen and oxygen atoms in total. The maximum atomic E-state index is 12.8. The normalized spacial score (nSPS) is 15.8. The summed E-state index contributed by atoms with van der Waals surface area (Å²) in [6.07, 6.45) is 0.738. The SMILES string of the molecule is COc1ccc(C2CC(c3ccc(NS(=O)(=O)c4cc(Br)ccc4Br)cc3)=NN2)cc1. The molecule has 2 N–H and O–H groups in total. The molecule has 3 aromatic rings. The fourth-order valence-corrected chi connectivity index (χ4v) is 5.84.